The zero-order valence-corrected chi connectivity index (χ0v) is 14.5. The molecule has 2 aromatic heterocycles. The molecule has 3 aromatic rings. The van der Waals surface area contributed by atoms with Gasteiger partial charge in [0.05, 0.1) is 10.9 Å². The molecule has 0 aliphatic heterocycles. The number of alkyl halides is 9. The summed E-state index contributed by atoms with van der Waals surface area (Å²) in [6.07, 6.45) is -15.7. The lowest BCUT2D eigenvalue weighted by Gasteiger charge is -2.15. The van der Waals surface area contributed by atoms with Gasteiger partial charge in [0.1, 0.15) is 17.2 Å². The number of halogens is 9. The van der Waals surface area contributed by atoms with Crippen molar-refractivity contribution in [2.75, 3.05) is 12.4 Å². The van der Waals surface area contributed by atoms with Gasteiger partial charge in [0, 0.05) is 7.05 Å². The molecule has 0 saturated heterocycles. The van der Waals surface area contributed by atoms with E-state index in [4.69, 9.17) is 0 Å². The van der Waals surface area contributed by atoms with Gasteiger partial charge in [-0.15, -0.1) is 13.2 Å². The Hall–Kier alpha value is -3.19. The van der Waals surface area contributed by atoms with Crippen molar-refractivity contribution in [3.8, 4) is 11.4 Å². The predicted molar refractivity (Wildman–Crippen MR) is 85.1 cm³/mol. The first kappa shape index (κ1) is 21.5. The third-order valence-corrected chi connectivity index (χ3v) is 3.77. The molecule has 14 heteroatoms. The van der Waals surface area contributed by atoms with Crippen LogP contribution in [0.4, 0.5) is 45.3 Å². The number of benzene rings is 1. The van der Waals surface area contributed by atoms with Gasteiger partial charge in [0.2, 0.25) is 0 Å². The van der Waals surface area contributed by atoms with Crippen molar-refractivity contribution < 1.29 is 44.3 Å². The van der Waals surface area contributed by atoms with E-state index >= 15 is 0 Å². The first-order chi connectivity index (χ1) is 13.7. The molecule has 0 saturated carbocycles. The number of aromatic nitrogens is 3. The van der Waals surface area contributed by atoms with E-state index in [0.717, 1.165) is 25.2 Å². The van der Waals surface area contributed by atoms with Gasteiger partial charge in [0.15, 0.2) is 11.4 Å². The Morgan fingerprint density at radius 2 is 1.57 bits per heavy atom. The quantitative estimate of drug-likeness (QED) is 0.550. The Kier molecular flexibility index (Phi) is 4.99. The van der Waals surface area contributed by atoms with E-state index in [1.165, 1.54) is 6.07 Å². The summed E-state index contributed by atoms with van der Waals surface area (Å²) in [5.41, 5.74) is -4.99. The fraction of sp³-hybridized carbons (Fsp3) is 0.250. The molecule has 0 aliphatic rings. The predicted octanol–water partition coefficient (Wildman–Crippen LogP) is 5.40. The van der Waals surface area contributed by atoms with Crippen LogP contribution in [0, 0.1) is 0 Å². The van der Waals surface area contributed by atoms with Crippen LogP contribution in [-0.2, 0) is 12.4 Å². The van der Waals surface area contributed by atoms with Gasteiger partial charge < -0.3 is 10.1 Å². The SMILES string of the molecule is CNc1c2c(C(F)(F)F)nc(C(F)(F)F)cc2nn1-c1ccccc1OC(F)(F)F. The van der Waals surface area contributed by atoms with Crippen LogP contribution < -0.4 is 10.1 Å². The third-order valence-electron chi connectivity index (χ3n) is 3.77. The van der Waals surface area contributed by atoms with Crippen LogP contribution in [0.1, 0.15) is 11.4 Å². The maximum absolute atomic E-state index is 13.4. The number of hydrogen-bond acceptors (Lipinski definition) is 4. The average molecular weight is 444 g/mol. The van der Waals surface area contributed by atoms with E-state index in [0.29, 0.717) is 4.68 Å². The number of fused-ring (bicyclic) bond motifs is 1. The topological polar surface area (TPSA) is 52.0 Å². The summed E-state index contributed by atoms with van der Waals surface area (Å²) in [4.78, 5) is 2.69. The highest BCUT2D eigenvalue weighted by molar-refractivity contribution is 5.94. The van der Waals surface area contributed by atoms with Gasteiger partial charge >= 0.3 is 18.7 Å². The van der Waals surface area contributed by atoms with E-state index in [1.54, 1.807) is 0 Å². The monoisotopic (exact) mass is 444 g/mol. The lowest BCUT2D eigenvalue weighted by atomic mass is 10.2. The van der Waals surface area contributed by atoms with Crippen LogP contribution in [0.25, 0.3) is 16.6 Å². The number of nitrogens with zero attached hydrogens (tertiary/aromatic N) is 3. The number of nitrogens with one attached hydrogen (secondary N) is 1. The molecule has 5 nitrogen and oxygen atoms in total. The zero-order valence-electron chi connectivity index (χ0n) is 14.5. The molecule has 1 aromatic carbocycles. The molecule has 0 fully saturated rings. The molecule has 2 heterocycles. The maximum Gasteiger partial charge on any atom is 0.573 e. The van der Waals surface area contributed by atoms with Crippen molar-refractivity contribution in [2.45, 2.75) is 18.7 Å². The first-order valence-corrected chi connectivity index (χ1v) is 7.83. The number of hydrogen-bond donors (Lipinski definition) is 1. The van der Waals surface area contributed by atoms with Crippen LogP contribution in [0.3, 0.4) is 0 Å². The van der Waals surface area contributed by atoms with E-state index < -0.39 is 58.3 Å². The normalized spacial score (nSPS) is 13.0. The van der Waals surface area contributed by atoms with Crippen LogP contribution >= 0.6 is 0 Å². The van der Waals surface area contributed by atoms with Gasteiger partial charge in [-0.1, -0.05) is 12.1 Å². The molecule has 1 N–H and O–H groups in total. The molecule has 3 rings (SSSR count). The third kappa shape index (κ3) is 4.07. The standard InChI is InChI=1S/C16H9F9N4O/c1-26-13-11-7(6-10(14(17,18)19)27-12(11)15(20,21)22)28-29(13)8-4-2-3-5-9(8)30-16(23,24)25/h2-6,26H,1H3. The largest absolute Gasteiger partial charge is 0.573 e. The molecule has 30 heavy (non-hydrogen) atoms. The lowest BCUT2D eigenvalue weighted by Crippen LogP contribution is -2.18. The number of ether oxygens (including phenoxy) is 1. The molecule has 0 spiro atoms. The minimum absolute atomic E-state index is 0.273. The Morgan fingerprint density at radius 3 is 2.10 bits per heavy atom. The fourth-order valence-corrected chi connectivity index (χ4v) is 2.71. The molecular weight excluding hydrogens is 435 g/mol. The number of rotatable bonds is 3. The second-order valence-electron chi connectivity index (χ2n) is 5.77. The van der Waals surface area contributed by atoms with E-state index in [1.807, 2.05) is 0 Å². The van der Waals surface area contributed by atoms with Crippen molar-refractivity contribution in [3.63, 3.8) is 0 Å². The van der Waals surface area contributed by atoms with Gasteiger partial charge in [-0.2, -0.15) is 31.4 Å². The van der Waals surface area contributed by atoms with Crippen LogP contribution in [0.15, 0.2) is 30.3 Å². The summed E-state index contributed by atoms with van der Waals surface area (Å²) < 4.78 is 122. The van der Waals surface area contributed by atoms with Gasteiger partial charge in [-0.05, 0) is 18.2 Å². The Morgan fingerprint density at radius 1 is 0.933 bits per heavy atom. The minimum atomic E-state index is -5.30. The summed E-state index contributed by atoms with van der Waals surface area (Å²) in [5.74, 6) is -1.36. The number of para-hydroxylation sites is 2. The summed E-state index contributed by atoms with van der Waals surface area (Å²) in [6.45, 7) is 0. The van der Waals surface area contributed by atoms with Crippen LogP contribution in [-0.4, -0.2) is 28.2 Å². The maximum atomic E-state index is 13.4. The minimum Gasteiger partial charge on any atom is -0.403 e. The van der Waals surface area contributed by atoms with E-state index in [2.05, 4.69) is 20.1 Å². The van der Waals surface area contributed by atoms with Crippen molar-refractivity contribution in [1.29, 1.82) is 0 Å². The summed E-state index contributed by atoms with van der Waals surface area (Å²) in [7, 11) is 1.12. The summed E-state index contributed by atoms with van der Waals surface area (Å²) in [5, 5.41) is 5.13. The summed E-state index contributed by atoms with van der Waals surface area (Å²) >= 11 is 0. The van der Waals surface area contributed by atoms with Crippen molar-refractivity contribution >= 4 is 16.7 Å². The molecule has 0 amide bonds. The smallest absolute Gasteiger partial charge is 0.403 e. The van der Waals surface area contributed by atoms with Crippen LogP contribution in [0.5, 0.6) is 5.75 Å². The van der Waals surface area contributed by atoms with Crippen molar-refractivity contribution in [3.05, 3.63) is 41.7 Å². The first-order valence-electron chi connectivity index (χ1n) is 7.83. The average Bonchev–Trinajstić information content (AvgIpc) is 2.96. The molecule has 162 valence electrons. The molecule has 0 unspecified atom stereocenters. The number of anilines is 1. The van der Waals surface area contributed by atoms with E-state index in [9.17, 15) is 39.5 Å². The van der Waals surface area contributed by atoms with Gasteiger partial charge in [-0.25, -0.2) is 9.67 Å². The molecule has 0 aliphatic carbocycles. The molecule has 0 atom stereocenters. The second kappa shape index (κ2) is 6.95. The van der Waals surface area contributed by atoms with Gasteiger partial charge in [-0.3, -0.25) is 0 Å². The fourth-order valence-electron chi connectivity index (χ4n) is 2.71. The zero-order chi connectivity index (χ0) is 22.5. The Balaban J connectivity index is 2.37. The lowest BCUT2D eigenvalue weighted by molar-refractivity contribution is -0.274. The number of pyridine rings is 1. The second-order valence-corrected chi connectivity index (χ2v) is 5.77. The highest BCUT2D eigenvalue weighted by Gasteiger charge is 2.42. The highest BCUT2D eigenvalue weighted by atomic mass is 19.4. The molecule has 0 radical (unpaired) electrons. The Labute approximate surface area is 161 Å². The van der Waals surface area contributed by atoms with E-state index in [-0.39, 0.29) is 6.07 Å². The molecule has 0 bridgehead atoms. The summed E-state index contributed by atoms with van der Waals surface area (Å²) in [6, 6.07) is 4.60. The highest BCUT2D eigenvalue weighted by Crippen LogP contribution is 2.41. The van der Waals surface area contributed by atoms with Gasteiger partial charge in [0.25, 0.3) is 0 Å². The molecular formula is C16H9F9N4O. The van der Waals surface area contributed by atoms with Crippen LogP contribution in [0.2, 0.25) is 0 Å². The Bertz CT molecular complexity index is 1080. The van der Waals surface area contributed by atoms with Crippen molar-refractivity contribution in [1.82, 2.24) is 14.8 Å². The van der Waals surface area contributed by atoms with Crippen molar-refractivity contribution in [2.24, 2.45) is 0 Å².